The Balaban J connectivity index is 1.26. The number of benzene rings is 1. The lowest BCUT2D eigenvalue weighted by Gasteiger charge is -2.14. The van der Waals surface area contributed by atoms with Crippen LogP contribution >= 0.6 is 11.6 Å². The predicted molar refractivity (Wildman–Crippen MR) is 117 cm³/mol. The molecule has 162 valence electrons. The van der Waals surface area contributed by atoms with Crippen LogP contribution in [0.5, 0.6) is 0 Å². The van der Waals surface area contributed by atoms with Crippen molar-refractivity contribution in [2.75, 3.05) is 19.8 Å². The van der Waals surface area contributed by atoms with Gasteiger partial charge in [-0.15, -0.1) is 0 Å². The molecule has 31 heavy (non-hydrogen) atoms. The van der Waals surface area contributed by atoms with Crippen LogP contribution < -0.4 is 0 Å². The van der Waals surface area contributed by atoms with Crippen molar-refractivity contribution in [3.63, 3.8) is 0 Å². The Morgan fingerprint density at radius 1 is 1.10 bits per heavy atom. The molecule has 4 heterocycles. The van der Waals surface area contributed by atoms with Crippen LogP contribution in [0.25, 0.3) is 22.3 Å². The summed E-state index contributed by atoms with van der Waals surface area (Å²) in [5.41, 5.74) is 5.69. The molecule has 1 aromatic carbocycles. The average molecular weight is 441 g/mol. The van der Waals surface area contributed by atoms with Crippen molar-refractivity contribution in [1.29, 1.82) is 0 Å². The first kappa shape index (κ1) is 19.7. The lowest BCUT2D eigenvalue weighted by molar-refractivity contribution is 0.0169. The summed E-state index contributed by atoms with van der Waals surface area (Å²) in [6.07, 6.45) is 2.06. The largest absolute Gasteiger partial charge is 0.395 e. The Bertz CT molecular complexity index is 1120. The lowest BCUT2D eigenvalue weighted by Crippen LogP contribution is -2.29. The third-order valence-electron chi connectivity index (χ3n) is 7.15. The Labute approximate surface area is 185 Å². The molecule has 0 radical (unpaired) electrons. The average Bonchev–Trinajstić information content (AvgIpc) is 3.12. The molecule has 4 unspecified atom stereocenters. The van der Waals surface area contributed by atoms with Gasteiger partial charge in [0.2, 0.25) is 0 Å². The normalized spacial score (nSPS) is 28.9. The second-order valence-corrected chi connectivity index (χ2v) is 9.60. The van der Waals surface area contributed by atoms with Crippen molar-refractivity contribution >= 4 is 22.6 Å². The molecule has 1 aliphatic carbocycles. The summed E-state index contributed by atoms with van der Waals surface area (Å²) in [6, 6.07) is 12.2. The highest BCUT2D eigenvalue weighted by atomic mass is 35.5. The molecular formula is C24H25ClN2O4. The summed E-state index contributed by atoms with van der Waals surface area (Å²) < 4.78 is 11.5. The van der Waals surface area contributed by atoms with Gasteiger partial charge in [-0.2, -0.15) is 0 Å². The number of pyridine rings is 1. The number of nitrogens with one attached hydrogen (secondary N) is 1. The number of fused-ring (bicyclic) bond motifs is 2. The summed E-state index contributed by atoms with van der Waals surface area (Å²) in [5.74, 6) is 0.207. The van der Waals surface area contributed by atoms with Crippen molar-refractivity contribution < 1.29 is 19.7 Å². The van der Waals surface area contributed by atoms with E-state index in [1.54, 1.807) is 0 Å². The topological polar surface area (TPSA) is 87.6 Å². The van der Waals surface area contributed by atoms with Crippen LogP contribution in [-0.4, -0.2) is 58.3 Å². The van der Waals surface area contributed by atoms with E-state index >= 15 is 0 Å². The third kappa shape index (κ3) is 3.29. The minimum Gasteiger partial charge on any atom is -0.395 e. The van der Waals surface area contributed by atoms with Crippen molar-refractivity contribution in [2.24, 2.45) is 5.92 Å². The molecule has 7 heteroatoms. The highest BCUT2D eigenvalue weighted by Gasteiger charge is 2.47. The molecule has 2 saturated heterocycles. The Morgan fingerprint density at radius 2 is 1.87 bits per heavy atom. The maximum atomic E-state index is 9.95. The highest BCUT2D eigenvalue weighted by molar-refractivity contribution is 6.33. The second kappa shape index (κ2) is 7.29. The van der Waals surface area contributed by atoms with Crippen LogP contribution in [0.1, 0.15) is 24.1 Å². The van der Waals surface area contributed by atoms with E-state index in [2.05, 4.69) is 23.2 Å². The molecule has 0 bridgehead atoms. The summed E-state index contributed by atoms with van der Waals surface area (Å²) in [7, 11) is 0. The van der Waals surface area contributed by atoms with E-state index in [-0.39, 0.29) is 30.1 Å². The van der Waals surface area contributed by atoms with Gasteiger partial charge in [-0.25, -0.2) is 4.98 Å². The number of hydrogen-bond acceptors (Lipinski definition) is 5. The third-order valence-corrected chi connectivity index (χ3v) is 7.44. The minimum absolute atomic E-state index is 0.0444. The Hall–Kier alpha value is -1.96. The van der Waals surface area contributed by atoms with Gasteiger partial charge >= 0.3 is 0 Å². The second-order valence-electron chi connectivity index (χ2n) is 9.19. The van der Waals surface area contributed by atoms with Crippen molar-refractivity contribution in [3.8, 4) is 11.3 Å². The van der Waals surface area contributed by atoms with Gasteiger partial charge in [-0.1, -0.05) is 35.9 Å². The van der Waals surface area contributed by atoms with Crippen LogP contribution in [0.15, 0.2) is 36.4 Å². The number of aliphatic hydroxyl groups excluding tert-OH is 2. The number of halogens is 1. The number of ether oxygens (including phenoxy) is 2. The first-order valence-corrected chi connectivity index (χ1v) is 11.3. The SMILES string of the molecule is OCC1(c2ccc(-c3nc4cc(CC5COC6C(O)COC56)[nH]c4cc3Cl)cc2)CC1. The maximum absolute atomic E-state index is 9.95. The minimum atomic E-state index is -0.528. The molecule has 1 saturated carbocycles. The maximum Gasteiger partial charge on any atom is 0.112 e. The van der Waals surface area contributed by atoms with E-state index in [4.69, 9.17) is 26.1 Å². The Kier molecular flexibility index (Phi) is 4.63. The zero-order valence-corrected chi connectivity index (χ0v) is 17.8. The number of aliphatic hydroxyl groups is 2. The first-order valence-electron chi connectivity index (χ1n) is 10.9. The molecular weight excluding hydrogens is 416 g/mol. The van der Waals surface area contributed by atoms with E-state index in [1.165, 1.54) is 5.56 Å². The molecule has 3 fully saturated rings. The van der Waals surface area contributed by atoms with Crippen LogP contribution in [-0.2, 0) is 21.3 Å². The molecule has 3 aliphatic rings. The summed E-state index contributed by atoms with van der Waals surface area (Å²) >= 11 is 6.59. The summed E-state index contributed by atoms with van der Waals surface area (Å²) in [4.78, 5) is 8.26. The zero-order valence-electron chi connectivity index (χ0n) is 17.1. The van der Waals surface area contributed by atoms with Gasteiger partial charge in [0.15, 0.2) is 0 Å². The molecule has 6 nitrogen and oxygen atoms in total. The smallest absolute Gasteiger partial charge is 0.112 e. The fourth-order valence-electron chi connectivity index (χ4n) is 5.09. The zero-order chi connectivity index (χ0) is 21.2. The molecule has 4 atom stereocenters. The predicted octanol–water partition coefficient (Wildman–Crippen LogP) is 3.22. The lowest BCUT2D eigenvalue weighted by atomic mass is 9.95. The van der Waals surface area contributed by atoms with Gasteiger partial charge in [-0.3, -0.25) is 0 Å². The van der Waals surface area contributed by atoms with Crippen LogP contribution in [0.2, 0.25) is 5.02 Å². The van der Waals surface area contributed by atoms with Gasteiger partial charge in [0.05, 0.1) is 47.7 Å². The van der Waals surface area contributed by atoms with E-state index in [1.807, 2.05) is 18.2 Å². The van der Waals surface area contributed by atoms with E-state index in [9.17, 15) is 10.2 Å². The monoisotopic (exact) mass is 440 g/mol. The first-order chi connectivity index (χ1) is 15.1. The Morgan fingerprint density at radius 3 is 2.61 bits per heavy atom. The molecule has 3 aromatic rings. The number of H-pyrrole nitrogens is 1. The fraction of sp³-hybridized carbons (Fsp3) is 0.458. The van der Waals surface area contributed by atoms with Crippen LogP contribution in [0, 0.1) is 5.92 Å². The van der Waals surface area contributed by atoms with Crippen molar-refractivity contribution in [3.05, 3.63) is 52.7 Å². The van der Waals surface area contributed by atoms with Crippen molar-refractivity contribution in [1.82, 2.24) is 9.97 Å². The molecule has 6 rings (SSSR count). The number of nitrogens with zero attached hydrogens (tertiary/aromatic N) is 1. The van der Waals surface area contributed by atoms with Gasteiger partial charge in [-0.05, 0) is 37.0 Å². The van der Waals surface area contributed by atoms with Gasteiger partial charge in [0.1, 0.15) is 12.2 Å². The highest BCUT2D eigenvalue weighted by Crippen LogP contribution is 2.48. The summed E-state index contributed by atoms with van der Waals surface area (Å²) in [5, 5.41) is 20.2. The number of hydrogen-bond donors (Lipinski definition) is 3. The molecule has 0 spiro atoms. The van der Waals surface area contributed by atoms with E-state index in [0.717, 1.165) is 47.2 Å². The molecule has 2 aromatic heterocycles. The van der Waals surface area contributed by atoms with Crippen molar-refractivity contribution in [2.45, 2.75) is 43.0 Å². The standard InChI is InChI=1S/C24H25ClN2O4/c25-17-9-19-18(8-16(26-19)7-14-10-30-23-20(29)11-31-22(14)23)27-21(17)13-1-3-15(4-2-13)24(12-28)5-6-24/h1-4,8-9,14,20,22-23,26,28-29H,5-7,10-12H2. The van der Waals surface area contributed by atoms with Gasteiger partial charge < -0.3 is 24.7 Å². The number of aromatic amines is 1. The molecule has 3 N–H and O–H groups in total. The van der Waals surface area contributed by atoms with Crippen LogP contribution in [0.4, 0.5) is 0 Å². The van der Waals surface area contributed by atoms with E-state index < -0.39 is 6.10 Å². The van der Waals surface area contributed by atoms with Gasteiger partial charge in [0.25, 0.3) is 0 Å². The van der Waals surface area contributed by atoms with Crippen LogP contribution in [0.3, 0.4) is 0 Å². The van der Waals surface area contributed by atoms with E-state index in [0.29, 0.717) is 18.2 Å². The van der Waals surface area contributed by atoms with Gasteiger partial charge in [0, 0.05) is 22.6 Å². The number of aromatic nitrogens is 2. The quantitative estimate of drug-likeness (QED) is 0.567. The molecule has 0 amide bonds. The summed E-state index contributed by atoms with van der Waals surface area (Å²) in [6.45, 7) is 1.13. The fourth-order valence-corrected chi connectivity index (χ4v) is 5.35. The number of rotatable bonds is 5. The molecule has 2 aliphatic heterocycles.